The van der Waals surface area contributed by atoms with Crippen LogP contribution in [-0.4, -0.2) is 17.1 Å². The summed E-state index contributed by atoms with van der Waals surface area (Å²) in [7, 11) is 0. The standard InChI is InChI=1S/C13H27NO3/c1-12(2,3)17-16-11(15)9-7-6-8-10-13(4,5)14/h6-10,14H2,1-5H3. The van der Waals surface area contributed by atoms with Gasteiger partial charge in [0.25, 0.3) is 0 Å². The van der Waals surface area contributed by atoms with E-state index in [1.807, 2.05) is 34.6 Å². The second-order valence-electron chi connectivity index (χ2n) is 6.20. The van der Waals surface area contributed by atoms with Crippen LogP contribution in [0.2, 0.25) is 0 Å². The topological polar surface area (TPSA) is 61.6 Å². The number of hydrogen-bond donors (Lipinski definition) is 1. The van der Waals surface area contributed by atoms with Crippen LogP contribution in [0, 0.1) is 0 Å². The molecule has 4 heteroatoms. The Kier molecular flexibility index (Phi) is 6.72. The summed E-state index contributed by atoms with van der Waals surface area (Å²) in [4.78, 5) is 20.9. The zero-order valence-corrected chi connectivity index (χ0v) is 11.8. The second-order valence-corrected chi connectivity index (χ2v) is 6.20. The van der Waals surface area contributed by atoms with E-state index in [0.717, 1.165) is 25.7 Å². The largest absolute Gasteiger partial charge is 0.342 e. The molecule has 0 unspecified atom stereocenters. The zero-order chi connectivity index (χ0) is 13.5. The van der Waals surface area contributed by atoms with Crippen LogP contribution in [0.1, 0.15) is 66.7 Å². The minimum atomic E-state index is -0.445. The molecular weight excluding hydrogens is 218 g/mol. The average molecular weight is 245 g/mol. The summed E-state index contributed by atoms with van der Waals surface area (Å²) in [5, 5.41) is 0. The summed E-state index contributed by atoms with van der Waals surface area (Å²) in [6, 6.07) is 0. The van der Waals surface area contributed by atoms with E-state index in [2.05, 4.69) is 0 Å². The number of rotatable bonds is 7. The van der Waals surface area contributed by atoms with Crippen LogP contribution in [0.25, 0.3) is 0 Å². The third-order valence-corrected chi connectivity index (χ3v) is 2.09. The molecule has 0 aliphatic rings. The maximum absolute atomic E-state index is 11.3. The molecule has 0 aromatic rings. The maximum Gasteiger partial charge on any atom is 0.342 e. The fraction of sp³-hybridized carbons (Fsp3) is 0.923. The van der Waals surface area contributed by atoms with Crippen molar-refractivity contribution < 1.29 is 14.6 Å². The third-order valence-electron chi connectivity index (χ3n) is 2.09. The van der Waals surface area contributed by atoms with E-state index in [-0.39, 0.29) is 11.5 Å². The van der Waals surface area contributed by atoms with Crippen molar-refractivity contribution in [2.45, 2.75) is 77.9 Å². The van der Waals surface area contributed by atoms with Crippen molar-refractivity contribution in [2.75, 3.05) is 0 Å². The molecule has 0 bridgehead atoms. The van der Waals surface area contributed by atoms with E-state index in [9.17, 15) is 4.79 Å². The lowest BCUT2D eigenvalue weighted by Crippen LogP contribution is -2.31. The Morgan fingerprint density at radius 2 is 1.65 bits per heavy atom. The summed E-state index contributed by atoms with van der Waals surface area (Å²) in [5.74, 6) is -0.299. The Morgan fingerprint density at radius 3 is 2.12 bits per heavy atom. The lowest BCUT2D eigenvalue weighted by atomic mass is 9.98. The highest BCUT2D eigenvalue weighted by Crippen LogP contribution is 2.13. The van der Waals surface area contributed by atoms with Crippen molar-refractivity contribution in [3.8, 4) is 0 Å². The van der Waals surface area contributed by atoms with E-state index >= 15 is 0 Å². The molecule has 4 nitrogen and oxygen atoms in total. The van der Waals surface area contributed by atoms with Crippen molar-refractivity contribution in [3.05, 3.63) is 0 Å². The lowest BCUT2D eigenvalue weighted by Gasteiger charge is -2.18. The van der Waals surface area contributed by atoms with Crippen LogP contribution < -0.4 is 5.73 Å². The van der Waals surface area contributed by atoms with Gasteiger partial charge in [-0.25, -0.2) is 4.79 Å². The summed E-state index contributed by atoms with van der Waals surface area (Å²) < 4.78 is 0. The van der Waals surface area contributed by atoms with E-state index in [4.69, 9.17) is 15.5 Å². The molecule has 0 amide bonds. The van der Waals surface area contributed by atoms with Gasteiger partial charge in [-0.2, -0.15) is 4.89 Å². The Hall–Kier alpha value is -0.610. The van der Waals surface area contributed by atoms with Crippen LogP contribution in [-0.2, 0) is 14.6 Å². The van der Waals surface area contributed by atoms with E-state index in [1.54, 1.807) is 0 Å². The van der Waals surface area contributed by atoms with Crippen LogP contribution in [0.4, 0.5) is 0 Å². The van der Waals surface area contributed by atoms with Crippen molar-refractivity contribution in [1.82, 2.24) is 0 Å². The average Bonchev–Trinajstić information content (AvgIpc) is 2.11. The SMILES string of the molecule is CC(C)(N)CCCCCC(=O)OOC(C)(C)C. The monoisotopic (exact) mass is 245 g/mol. The van der Waals surface area contributed by atoms with Crippen LogP contribution in [0.5, 0.6) is 0 Å². The van der Waals surface area contributed by atoms with Crippen molar-refractivity contribution >= 4 is 5.97 Å². The molecule has 0 fully saturated rings. The molecule has 2 N–H and O–H groups in total. The predicted octanol–water partition coefficient (Wildman–Crippen LogP) is 2.95. The highest BCUT2D eigenvalue weighted by Gasteiger charge is 2.15. The molecule has 0 radical (unpaired) electrons. The van der Waals surface area contributed by atoms with Gasteiger partial charge in [0.15, 0.2) is 0 Å². The van der Waals surface area contributed by atoms with Gasteiger partial charge in [0, 0.05) is 12.0 Å². The minimum absolute atomic E-state index is 0.115. The number of nitrogens with two attached hydrogens (primary N) is 1. The number of carbonyl (C=O) groups excluding carboxylic acids is 1. The Morgan fingerprint density at radius 1 is 1.06 bits per heavy atom. The van der Waals surface area contributed by atoms with Crippen LogP contribution in [0.3, 0.4) is 0 Å². The first-order valence-corrected chi connectivity index (χ1v) is 6.27. The summed E-state index contributed by atoms with van der Waals surface area (Å²) in [5.41, 5.74) is 5.30. The van der Waals surface area contributed by atoms with E-state index in [1.165, 1.54) is 0 Å². The molecule has 0 spiro atoms. The molecule has 0 heterocycles. The van der Waals surface area contributed by atoms with Crippen molar-refractivity contribution in [3.63, 3.8) is 0 Å². The van der Waals surface area contributed by atoms with Crippen LogP contribution >= 0.6 is 0 Å². The first kappa shape index (κ1) is 16.4. The molecule has 0 aliphatic heterocycles. The number of hydrogen-bond acceptors (Lipinski definition) is 4. The Balaban J connectivity index is 3.47. The Bertz CT molecular complexity index is 226. The molecule has 102 valence electrons. The quantitative estimate of drug-likeness (QED) is 0.425. The lowest BCUT2D eigenvalue weighted by molar-refractivity contribution is -0.320. The van der Waals surface area contributed by atoms with Gasteiger partial charge in [0.05, 0.1) is 0 Å². The van der Waals surface area contributed by atoms with E-state index in [0.29, 0.717) is 6.42 Å². The molecule has 0 atom stereocenters. The predicted molar refractivity (Wildman–Crippen MR) is 68.3 cm³/mol. The zero-order valence-electron chi connectivity index (χ0n) is 11.8. The van der Waals surface area contributed by atoms with Crippen molar-refractivity contribution in [2.24, 2.45) is 5.73 Å². The molecular formula is C13H27NO3. The highest BCUT2D eigenvalue weighted by atomic mass is 17.2. The number of carbonyl (C=O) groups is 1. The van der Waals surface area contributed by atoms with Gasteiger partial charge < -0.3 is 5.73 Å². The molecule has 0 rings (SSSR count). The number of unbranched alkanes of at least 4 members (excludes halogenated alkanes) is 2. The Labute approximate surface area is 105 Å². The van der Waals surface area contributed by atoms with Crippen molar-refractivity contribution in [1.29, 1.82) is 0 Å². The summed E-state index contributed by atoms with van der Waals surface area (Å²) >= 11 is 0. The van der Waals surface area contributed by atoms with Gasteiger partial charge in [0.1, 0.15) is 5.60 Å². The van der Waals surface area contributed by atoms with E-state index < -0.39 is 5.60 Å². The maximum atomic E-state index is 11.3. The minimum Gasteiger partial charge on any atom is -0.326 e. The first-order valence-electron chi connectivity index (χ1n) is 6.27. The molecule has 17 heavy (non-hydrogen) atoms. The fourth-order valence-electron chi connectivity index (χ4n) is 1.24. The molecule has 0 aliphatic carbocycles. The summed E-state index contributed by atoms with van der Waals surface area (Å²) in [6.45, 7) is 9.54. The molecule has 0 aromatic carbocycles. The van der Waals surface area contributed by atoms with Gasteiger partial charge in [0.2, 0.25) is 0 Å². The molecule has 0 saturated heterocycles. The smallest absolute Gasteiger partial charge is 0.326 e. The highest BCUT2D eigenvalue weighted by molar-refractivity contribution is 5.68. The molecule has 0 saturated carbocycles. The molecule has 0 aromatic heterocycles. The second kappa shape index (κ2) is 6.97. The van der Waals surface area contributed by atoms with Gasteiger partial charge in [-0.3, -0.25) is 4.89 Å². The van der Waals surface area contributed by atoms with Crippen LogP contribution in [0.15, 0.2) is 0 Å². The van der Waals surface area contributed by atoms with Gasteiger partial charge in [-0.05, 0) is 47.5 Å². The van der Waals surface area contributed by atoms with Gasteiger partial charge >= 0.3 is 5.97 Å². The normalized spacial score (nSPS) is 12.6. The summed E-state index contributed by atoms with van der Waals surface area (Å²) in [6.07, 6.45) is 4.23. The third kappa shape index (κ3) is 13.3. The fourth-order valence-corrected chi connectivity index (χ4v) is 1.24. The first-order chi connectivity index (χ1) is 7.60. The van der Waals surface area contributed by atoms with Gasteiger partial charge in [-0.15, -0.1) is 0 Å². The van der Waals surface area contributed by atoms with Gasteiger partial charge in [-0.1, -0.05) is 12.8 Å².